The zero-order chi connectivity index (χ0) is 12.8. The van der Waals surface area contributed by atoms with E-state index in [-0.39, 0.29) is 11.9 Å². The standard InChI is InChI=1S/C13H20N2O2S/c1-17-8-7-15(10-11-4-3-9-18-11)13(16)12-5-2-6-14-12/h3-4,9,12,14H,2,5-8,10H2,1H3/t12-/m0/s1. The van der Waals surface area contributed by atoms with Crippen molar-refractivity contribution in [3.05, 3.63) is 22.4 Å². The molecule has 0 bridgehead atoms. The smallest absolute Gasteiger partial charge is 0.240 e. The number of hydrogen-bond acceptors (Lipinski definition) is 4. The van der Waals surface area contributed by atoms with Gasteiger partial charge in [-0.05, 0) is 30.8 Å². The number of amides is 1. The number of methoxy groups -OCH3 is 1. The summed E-state index contributed by atoms with van der Waals surface area (Å²) < 4.78 is 5.09. The Morgan fingerprint density at radius 1 is 1.67 bits per heavy atom. The van der Waals surface area contributed by atoms with E-state index in [9.17, 15) is 4.79 Å². The first kappa shape index (κ1) is 13.5. The average molecular weight is 268 g/mol. The second-order valence-corrected chi connectivity index (χ2v) is 5.51. The largest absolute Gasteiger partial charge is 0.383 e. The third-order valence-electron chi connectivity index (χ3n) is 3.16. The molecule has 0 saturated carbocycles. The number of ether oxygens (including phenoxy) is 1. The van der Waals surface area contributed by atoms with Gasteiger partial charge in [0.15, 0.2) is 0 Å². The number of nitrogens with zero attached hydrogens (tertiary/aromatic N) is 1. The highest BCUT2D eigenvalue weighted by molar-refractivity contribution is 7.09. The summed E-state index contributed by atoms with van der Waals surface area (Å²) in [6.07, 6.45) is 2.04. The van der Waals surface area contributed by atoms with Gasteiger partial charge in [0.05, 0.1) is 19.2 Å². The zero-order valence-corrected chi connectivity index (χ0v) is 11.5. The summed E-state index contributed by atoms with van der Waals surface area (Å²) in [4.78, 5) is 15.5. The van der Waals surface area contributed by atoms with Gasteiger partial charge in [-0.15, -0.1) is 11.3 Å². The summed E-state index contributed by atoms with van der Waals surface area (Å²) in [5, 5.41) is 5.31. The molecule has 1 N–H and O–H groups in total. The predicted octanol–water partition coefficient (Wildman–Crippen LogP) is 1.48. The van der Waals surface area contributed by atoms with Crippen LogP contribution in [0.2, 0.25) is 0 Å². The molecule has 1 aromatic rings. The van der Waals surface area contributed by atoms with Crippen LogP contribution >= 0.6 is 11.3 Å². The van der Waals surface area contributed by atoms with Crippen LogP contribution in [0.1, 0.15) is 17.7 Å². The van der Waals surface area contributed by atoms with Crippen LogP contribution in [0.3, 0.4) is 0 Å². The molecule has 0 aromatic carbocycles. The predicted molar refractivity (Wildman–Crippen MR) is 72.6 cm³/mol. The SMILES string of the molecule is COCCN(Cc1cccs1)C(=O)[C@@H]1CCCN1. The van der Waals surface area contributed by atoms with E-state index < -0.39 is 0 Å². The number of hydrogen-bond donors (Lipinski definition) is 1. The van der Waals surface area contributed by atoms with Gasteiger partial charge in [0.25, 0.3) is 0 Å². The molecule has 1 aliphatic heterocycles. The van der Waals surface area contributed by atoms with Crippen LogP contribution in [0, 0.1) is 0 Å². The summed E-state index contributed by atoms with van der Waals surface area (Å²) in [6, 6.07) is 4.09. The Hall–Kier alpha value is -0.910. The van der Waals surface area contributed by atoms with Crippen molar-refractivity contribution in [2.75, 3.05) is 26.8 Å². The van der Waals surface area contributed by atoms with Crippen LogP contribution in [0.15, 0.2) is 17.5 Å². The van der Waals surface area contributed by atoms with Crippen LogP contribution in [-0.4, -0.2) is 43.7 Å². The molecule has 1 saturated heterocycles. The molecule has 2 heterocycles. The van der Waals surface area contributed by atoms with Crippen molar-refractivity contribution in [1.29, 1.82) is 0 Å². The lowest BCUT2D eigenvalue weighted by atomic mass is 10.2. The Labute approximate surface area is 112 Å². The third kappa shape index (κ3) is 3.54. The molecule has 1 aliphatic rings. The fourth-order valence-electron chi connectivity index (χ4n) is 2.18. The Morgan fingerprint density at radius 2 is 2.56 bits per heavy atom. The molecule has 100 valence electrons. The molecule has 0 unspecified atom stereocenters. The van der Waals surface area contributed by atoms with Crippen molar-refractivity contribution >= 4 is 17.2 Å². The molecule has 1 aromatic heterocycles. The fraction of sp³-hybridized carbons (Fsp3) is 0.615. The van der Waals surface area contributed by atoms with E-state index in [4.69, 9.17) is 4.74 Å². The van der Waals surface area contributed by atoms with Gasteiger partial charge in [-0.25, -0.2) is 0 Å². The quantitative estimate of drug-likeness (QED) is 0.849. The van der Waals surface area contributed by atoms with Crippen molar-refractivity contribution in [1.82, 2.24) is 10.2 Å². The normalized spacial score (nSPS) is 19.1. The highest BCUT2D eigenvalue weighted by atomic mass is 32.1. The maximum Gasteiger partial charge on any atom is 0.240 e. The van der Waals surface area contributed by atoms with Gasteiger partial charge in [0.2, 0.25) is 5.91 Å². The lowest BCUT2D eigenvalue weighted by Gasteiger charge is -2.25. The molecule has 1 atom stereocenters. The first-order valence-electron chi connectivity index (χ1n) is 6.34. The van der Waals surface area contributed by atoms with Gasteiger partial charge in [-0.3, -0.25) is 4.79 Å². The molecular weight excluding hydrogens is 248 g/mol. The summed E-state index contributed by atoms with van der Waals surface area (Å²) in [5.74, 6) is 0.206. The topological polar surface area (TPSA) is 41.6 Å². The molecule has 1 fully saturated rings. The summed E-state index contributed by atoms with van der Waals surface area (Å²) in [6.45, 7) is 2.89. The van der Waals surface area contributed by atoms with E-state index in [0.717, 1.165) is 19.4 Å². The van der Waals surface area contributed by atoms with E-state index in [1.165, 1.54) is 4.88 Å². The maximum absolute atomic E-state index is 12.4. The zero-order valence-electron chi connectivity index (χ0n) is 10.7. The Kier molecular flexibility index (Phi) is 5.16. The van der Waals surface area contributed by atoms with Gasteiger partial charge < -0.3 is 15.0 Å². The van der Waals surface area contributed by atoms with E-state index in [1.807, 2.05) is 16.3 Å². The molecule has 1 amide bonds. The maximum atomic E-state index is 12.4. The van der Waals surface area contributed by atoms with Crippen molar-refractivity contribution < 1.29 is 9.53 Å². The summed E-state index contributed by atoms with van der Waals surface area (Å²) in [5.41, 5.74) is 0. The lowest BCUT2D eigenvalue weighted by molar-refractivity contribution is -0.134. The van der Waals surface area contributed by atoms with Crippen molar-refractivity contribution in [2.24, 2.45) is 0 Å². The Morgan fingerprint density at radius 3 is 3.17 bits per heavy atom. The molecule has 0 radical (unpaired) electrons. The fourth-order valence-corrected chi connectivity index (χ4v) is 2.89. The highest BCUT2D eigenvalue weighted by Gasteiger charge is 2.26. The Bertz CT molecular complexity index is 361. The first-order valence-corrected chi connectivity index (χ1v) is 7.22. The van der Waals surface area contributed by atoms with Crippen LogP contribution in [0.4, 0.5) is 0 Å². The monoisotopic (exact) mass is 268 g/mol. The minimum Gasteiger partial charge on any atom is -0.383 e. The molecule has 0 spiro atoms. The minimum absolute atomic E-state index is 0.00168. The van der Waals surface area contributed by atoms with Gasteiger partial charge in [0, 0.05) is 18.5 Å². The summed E-state index contributed by atoms with van der Waals surface area (Å²) >= 11 is 1.69. The molecular formula is C13H20N2O2S. The van der Waals surface area contributed by atoms with Gasteiger partial charge in [-0.1, -0.05) is 6.07 Å². The van der Waals surface area contributed by atoms with Crippen molar-refractivity contribution in [3.8, 4) is 0 Å². The number of thiophene rings is 1. The van der Waals surface area contributed by atoms with E-state index >= 15 is 0 Å². The molecule has 18 heavy (non-hydrogen) atoms. The van der Waals surface area contributed by atoms with Crippen LogP contribution in [0.5, 0.6) is 0 Å². The minimum atomic E-state index is 0.00168. The van der Waals surface area contributed by atoms with Gasteiger partial charge in [0.1, 0.15) is 0 Å². The van der Waals surface area contributed by atoms with E-state index in [2.05, 4.69) is 11.4 Å². The average Bonchev–Trinajstić information content (AvgIpc) is 3.06. The van der Waals surface area contributed by atoms with Crippen LogP contribution < -0.4 is 5.32 Å². The lowest BCUT2D eigenvalue weighted by Crippen LogP contribution is -2.44. The molecule has 5 heteroatoms. The van der Waals surface area contributed by atoms with Crippen molar-refractivity contribution in [2.45, 2.75) is 25.4 Å². The van der Waals surface area contributed by atoms with Crippen LogP contribution in [-0.2, 0) is 16.1 Å². The van der Waals surface area contributed by atoms with Gasteiger partial charge >= 0.3 is 0 Å². The highest BCUT2D eigenvalue weighted by Crippen LogP contribution is 2.15. The number of carbonyl (C=O) groups excluding carboxylic acids is 1. The van der Waals surface area contributed by atoms with Crippen molar-refractivity contribution in [3.63, 3.8) is 0 Å². The number of nitrogens with one attached hydrogen (secondary N) is 1. The summed E-state index contributed by atoms with van der Waals surface area (Å²) in [7, 11) is 1.67. The second kappa shape index (κ2) is 6.87. The van der Waals surface area contributed by atoms with E-state index in [0.29, 0.717) is 19.7 Å². The molecule has 4 nitrogen and oxygen atoms in total. The second-order valence-electron chi connectivity index (χ2n) is 4.48. The van der Waals surface area contributed by atoms with Crippen LogP contribution in [0.25, 0.3) is 0 Å². The van der Waals surface area contributed by atoms with E-state index in [1.54, 1.807) is 18.4 Å². The first-order chi connectivity index (χ1) is 8.81. The number of rotatable bonds is 6. The Balaban J connectivity index is 1.96. The number of carbonyl (C=O) groups is 1. The molecule has 2 rings (SSSR count). The van der Waals surface area contributed by atoms with Gasteiger partial charge in [-0.2, -0.15) is 0 Å². The molecule has 0 aliphatic carbocycles. The third-order valence-corrected chi connectivity index (χ3v) is 4.02.